The van der Waals surface area contributed by atoms with E-state index in [0.717, 1.165) is 21.6 Å². The SMILES string of the molecule is CN=c1scc(-c2ccc(-c3ccccc3)cc2)n1/N=C/c1ccc(F)cc1.Cl. The van der Waals surface area contributed by atoms with Crippen molar-refractivity contribution in [2.24, 2.45) is 10.1 Å². The van der Waals surface area contributed by atoms with Gasteiger partial charge in [-0.1, -0.05) is 66.7 Å². The molecule has 146 valence electrons. The van der Waals surface area contributed by atoms with E-state index in [1.54, 1.807) is 25.4 Å². The van der Waals surface area contributed by atoms with Gasteiger partial charge in [0.05, 0.1) is 11.9 Å². The number of aromatic nitrogens is 1. The topological polar surface area (TPSA) is 29.6 Å². The maximum atomic E-state index is 13.1. The van der Waals surface area contributed by atoms with Crippen LogP contribution in [0, 0.1) is 5.82 Å². The van der Waals surface area contributed by atoms with E-state index in [1.807, 2.05) is 28.3 Å². The van der Waals surface area contributed by atoms with Gasteiger partial charge in [0.25, 0.3) is 0 Å². The van der Waals surface area contributed by atoms with Gasteiger partial charge >= 0.3 is 0 Å². The molecule has 6 heteroatoms. The predicted molar refractivity (Wildman–Crippen MR) is 121 cm³/mol. The van der Waals surface area contributed by atoms with Crippen LogP contribution in [0.5, 0.6) is 0 Å². The van der Waals surface area contributed by atoms with E-state index in [1.165, 1.54) is 34.6 Å². The van der Waals surface area contributed by atoms with Crippen LogP contribution in [0.3, 0.4) is 0 Å². The van der Waals surface area contributed by atoms with E-state index in [9.17, 15) is 4.39 Å². The van der Waals surface area contributed by atoms with Crippen molar-refractivity contribution in [3.63, 3.8) is 0 Å². The first-order valence-corrected chi connectivity index (χ1v) is 9.72. The Labute approximate surface area is 178 Å². The van der Waals surface area contributed by atoms with Crippen molar-refractivity contribution in [3.05, 3.63) is 100 Å². The lowest BCUT2D eigenvalue weighted by Gasteiger charge is -2.06. The van der Waals surface area contributed by atoms with Gasteiger partial charge in [0, 0.05) is 18.0 Å². The highest BCUT2D eigenvalue weighted by Crippen LogP contribution is 2.25. The third-order valence-electron chi connectivity index (χ3n) is 4.36. The lowest BCUT2D eigenvalue weighted by Crippen LogP contribution is -2.11. The lowest BCUT2D eigenvalue weighted by molar-refractivity contribution is 0.628. The van der Waals surface area contributed by atoms with E-state index in [2.05, 4.69) is 46.5 Å². The third-order valence-corrected chi connectivity index (χ3v) is 5.26. The minimum Gasteiger partial charge on any atom is -0.261 e. The fourth-order valence-corrected chi connectivity index (χ4v) is 3.70. The normalized spacial score (nSPS) is 11.6. The summed E-state index contributed by atoms with van der Waals surface area (Å²) in [6, 6.07) is 24.9. The second-order valence-electron chi connectivity index (χ2n) is 6.18. The zero-order chi connectivity index (χ0) is 19.3. The first kappa shape index (κ1) is 20.7. The maximum absolute atomic E-state index is 13.1. The standard InChI is InChI=1S/C23H18FN3S.ClH/c1-25-23-27(26-15-17-7-13-21(24)14-8-17)22(16-28-23)20-11-9-19(10-12-20)18-5-3-2-4-6-18;/h2-16H,1H3;1H/b25-23?,26-15+;. The molecule has 4 aromatic rings. The monoisotopic (exact) mass is 423 g/mol. The van der Waals surface area contributed by atoms with E-state index in [4.69, 9.17) is 0 Å². The Morgan fingerprint density at radius 2 is 1.45 bits per heavy atom. The predicted octanol–water partition coefficient (Wildman–Crippen LogP) is 5.86. The summed E-state index contributed by atoms with van der Waals surface area (Å²) in [5, 5.41) is 6.62. The highest BCUT2D eigenvalue weighted by atomic mass is 35.5. The molecule has 0 unspecified atom stereocenters. The van der Waals surface area contributed by atoms with Gasteiger partial charge in [-0.3, -0.25) is 4.99 Å². The van der Waals surface area contributed by atoms with Crippen LogP contribution in [0.15, 0.2) is 94.3 Å². The van der Waals surface area contributed by atoms with Gasteiger partial charge in [-0.25, -0.2) is 9.07 Å². The number of hydrogen-bond donors (Lipinski definition) is 0. The Hall–Kier alpha value is -3.02. The zero-order valence-corrected chi connectivity index (χ0v) is 17.3. The van der Waals surface area contributed by atoms with E-state index in [0.29, 0.717) is 0 Å². The molecule has 0 spiro atoms. The molecule has 1 aromatic heterocycles. The Kier molecular flexibility index (Phi) is 6.75. The Balaban J connectivity index is 0.00000240. The van der Waals surface area contributed by atoms with E-state index in [-0.39, 0.29) is 18.2 Å². The van der Waals surface area contributed by atoms with Crippen molar-refractivity contribution >= 4 is 30.0 Å². The van der Waals surface area contributed by atoms with Crippen molar-refractivity contribution in [1.29, 1.82) is 0 Å². The van der Waals surface area contributed by atoms with Crippen molar-refractivity contribution in [3.8, 4) is 22.4 Å². The lowest BCUT2D eigenvalue weighted by atomic mass is 10.0. The van der Waals surface area contributed by atoms with Gasteiger partial charge in [-0.2, -0.15) is 5.10 Å². The van der Waals surface area contributed by atoms with Crippen molar-refractivity contribution in [1.82, 2.24) is 4.68 Å². The van der Waals surface area contributed by atoms with E-state index < -0.39 is 0 Å². The molecular weight excluding hydrogens is 405 g/mol. The average molecular weight is 424 g/mol. The Morgan fingerprint density at radius 3 is 2.10 bits per heavy atom. The third kappa shape index (κ3) is 4.70. The van der Waals surface area contributed by atoms with Crippen molar-refractivity contribution < 1.29 is 4.39 Å². The zero-order valence-electron chi connectivity index (χ0n) is 15.7. The van der Waals surface area contributed by atoms with Crippen LogP contribution in [0.25, 0.3) is 22.4 Å². The molecule has 0 atom stereocenters. The highest BCUT2D eigenvalue weighted by Gasteiger charge is 2.07. The molecule has 1 heterocycles. The van der Waals surface area contributed by atoms with Gasteiger partial charge in [0.1, 0.15) is 5.82 Å². The molecule has 0 aliphatic rings. The number of thiazole rings is 1. The van der Waals surface area contributed by atoms with Crippen molar-refractivity contribution in [2.75, 3.05) is 7.05 Å². The van der Waals surface area contributed by atoms with Crippen LogP contribution in [0.1, 0.15) is 5.56 Å². The summed E-state index contributed by atoms with van der Waals surface area (Å²) in [5.74, 6) is -0.260. The number of hydrogen-bond acceptors (Lipinski definition) is 3. The molecule has 0 saturated heterocycles. The summed E-state index contributed by atoms with van der Waals surface area (Å²) in [7, 11) is 1.75. The first-order chi connectivity index (χ1) is 13.7. The Bertz CT molecular complexity index is 1160. The smallest absolute Gasteiger partial charge is 0.205 e. The summed E-state index contributed by atoms with van der Waals surface area (Å²) >= 11 is 1.53. The summed E-state index contributed by atoms with van der Waals surface area (Å²) in [6.07, 6.45) is 1.71. The van der Waals surface area contributed by atoms with Crippen LogP contribution in [-0.4, -0.2) is 17.9 Å². The number of nitrogens with zero attached hydrogens (tertiary/aromatic N) is 3. The van der Waals surface area contributed by atoms with Gasteiger partial charge < -0.3 is 0 Å². The molecule has 0 aliphatic heterocycles. The summed E-state index contributed by atoms with van der Waals surface area (Å²) in [4.78, 5) is 5.11. The Morgan fingerprint density at radius 1 is 0.828 bits per heavy atom. The van der Waals surface area contributed by atoms with E-state index >= 15 is 0 Å². The fraction of sp³-hybridized carbons (Fsp3) is 0.0435. The van der Waals surface area contributed by atoms with Gasteiger partial charge in [0.15, 0.2) is 0 Å². The van der Waals surface area contributed by atoms with Crippen LogP contribution in [0.2, 0.25) is 0 Å². The van der Waals surface area contributed by atoms with Gasteiger partial charge in [-0.05, 0) is 28.8 Å². The molecule has 3 nitrogen and oxygen atoms in total. The number of benzene rings is 3. The second-order valence-corrected chi connectivity index (χ2v) is 7.01. The van der Waals surface area contributed by atoms with Crippen LogP contribution in [0.4, 0.5) is 4.39 Å². The average Bonchev–Trinajstić information content (AvgIpc) is 3.17. The first-order valence-electron chi connectivity index (χ1n) is 8.84. The molecule has 0 amide bonds. The molecule has 3 aromatic carbocycles. The summed E-state index contributed by atoms with van der Waals surface area (Å²) in [5.41, 5.74) is 5.20. The molecule has 0 radical (unpaired) electrons. The quantitative estimate of drug-likeness (QED) is 0.368. The van der Waals surface area contributed by atoms with Gasteiger partial charge in [-0.15, -0.1) is 23.7 Å². The molecular formula is C23H19ClFN3S. The molecule has 0 fully saturated rings. The molecule has 29 heavy (non-hydrogen) atoms. The van der Waals surface area contributed by atoms with Gasteiger partial charge in [0.2, 0.25) is 4.80 Å². The molecule has 4 rings (SSSR count). The second kappa shape index (κ2) is 9.45. The molecule has 0 aliphatic carbocycles. The summed E-state index contributed by atoms with van der Waals surface area (Å²) in [6.45, 7) is 0. The minimum atomic E-state index is -0.260. The fourth-order valence-electron chi connectivity index (χ4n) is 2.90. The molecule has 0 bridgehead atoms. The van der Waals surface area contributed by atoms with Crippen LogP contribution < -0.4 is 4.80 Å². The number of halogens is 2. The van der Waals surface area contributed by atoms with Crippen LogP contribution >= 0.6 is 23.7 Å². The maximum Gasteiger partial charge on any atom is 0.205 e. The number of rotatable bonds is 4. The van der Waals surface area contributed by atoms with Crippen LogP contribution in [-0.2, 0) is 0 Å². The molecule has 0 N–H and O–H groups in total. The molecule has 0 saturated carbocycles. The highest BCUT2D eigenvalue weighted by molar-refractivity contribution is 7.07. The largest absolute Gasteiger partial charge is 0.261 e. The summed E-state index contributed by atoms with van der Waals surface area (Å²) < 4.78 is 14.9. The van der Waals surface area contributed by atoms with Crippen molar-refractivity contribution in [2.45, 2.75) is 0 Å². The minimum absolute atomic E-state index is 0.